The number of halogens is 1. The van der Waals surface area contributed by atoms with Crippen LogP contribution in [0, 0.1) is 5.92 Å². The summed E-state index contributed by atoms with van der Waals surface area (Å²) in [5.74, 6) is 0.556. The molecule has 3 heterocycles. The predicted octanol–water partition coefficient (Wildman–Crippen LogP) is 3.38. The number of rotatable bonds is 1. The highest BCUT2D eigenvalue weighted by atomic mass is 19.1. The molecule has 1 unspecified atom stereocenters. The van der Waals surface area contributed by atoms with Gasteiger partial charge in [0, 0.05) is 24.7 Å². The predicted molar refractivity (Wildman–Crippen MR) is 91.6 cm³/mol. The SMILES string of the molecule is CC1Cc2nc3cc(-c4ccccn4)ccc3c(=O)n2CC[C@H]1F. The Morgan fingerprint density at radius 3 is 2.92 bits per heavy atom. The highest BCUT2D eigenvalue weighted by molar-refractivity contribution is 5.83. The van der Waals surface area contributed by atoms with Gasteiger partial charge in [0.05, 0.1) is 16.6 Å². The lowest BCUT2D eigenvalue weighted by Crippen LogP contribution is -2.24. The zero-order chi connectivity index (χ0) is 16.7. The molecule has 5 heteroatoms. The average Bonchev–Trinajstić information content (AvgIpc) is 2.74. The van der Waals surface area contributed by atoms with Crippen LogP contribution in [0.15, 0.2) is 47.4 Å². The first-order valence-electron chi connectivity index (χ1n) is 8.22. The van der Waals surface area contributed by atoms with Gasteiger partial charge in [-0.2, -0.15) is 0 Å². The zero-order valence-electron chi connectivity index (χ0n) is 13.4. The molecule has 1 aliphatic heterocycles. The summed E-state index contributed by atoms with van der Waals surface area (Å²) < 4.78 is 15.7. The number of aromatic nitrogens is 3. The van der Waals surface area contributed by atoms with E-state index in [-0.39, 0.29) is 11.5 Å². The smallest absolute Gasteiger partial charge is 0.261 e. The molecule has 2 atom stereocenters. The van der Waals surface area contributed by atoms with Crippen molar-refractivity contribution in [1.29, 1.82) is 0 Å². The third kappa shape index (κ3) is 2.50. The maximum absolute atomic E-state index is 14.0. The number of hydrogen-bond acceptors (Lipinski definition) is 3. The molecule has 2 aromatic heterocycles. The highest BCUT2D eigenvalue weighted by Crippen LogP contribution is 2.24. The molecular weight excluding hydrogens is 305 g/mol. The lowest BCUT2D eigenvalue weighted by molar-refractivity contribution is 0.229. The molecule has 4 rings (SSSR count). The van der Waals surface area contributed by atoms with Crippen molar-refractivity contribution in [3.05, 3.63) is 58.8 Å². The van der Waals surface area contributed by atoms with Gasteiger partial charge in [-0.1, -0.05) is 19.1 Å². The van der Waals surface area contributed by atoms with E-state index in [9.17, 15) is 9.18 Å². The van der Waals surface area contributed by atoms with Crippen LogP contribution in [0.3, 0.4) is 0 Å². The Hall–Kier alpha value is -2.56. The van der Waals surface area contributed by atoms with Crippen molar-refractivity contribution in [2.75, 3.05) is 0 Å². The van der Waals surface area contributed by atoms with Crippen molar-refractivity contribution >= 4 is 10.9 Å². The fourth-order valence-electron chi connectivity index (χ4n) is 3.30. The largest absolute Gasteiger partial charge is 0.296 e. The van der Waals surface area contributed by atoms with Crippen LogP contribution < -0.4 is 5.56 Å². The minimum absolute atomic E-state index is 0.0797. The van der Waals surface area contributed by atoms with Gasteiger partial charge in [-0.3, -0.25) is 14.3 Å². The van der Waals surface area contributed by atoms with E-state index in [0.717, 1.165) is 11.3 Å². The molecule has 0 saturated carbocycles. The molecule has 1 aliphatic rings. The van der Waals surface area contributed by atoms with Gasteiger partial charge >= 0.3 is 0 Å². The Kier molecular flexibility index (Phi) is 3.63. The van der Waals surface area contributed by atoms with E-state index >= 15 is 0 Å². The molecular formula is C19H18FN3O. The Morgan fingerprint density at radius 2 is 2.12 bits per heavy atom. The van der Waals surface area contributed by atoms with Crippen molar-refractivity contribution in [3.63, 3.8) is 0 Å². The summed E-state index contributed by atoms with van der Waals surface area (Å²) in [4.78, 5) is 21.8. The minimum atomic E-state index is -0.890. The lowest BCUT2D eigenvalue weighted by atomic mass is 10.0. The number of nitrogens with zero attached hydrogens (tertiary/aromatic N) is 3. The van der Waals surface area contributed by atoms with Crippen LogP contribution in [0.2, 0.25) is 0 Å². The molecule has 0 aliphatic carbocycles. The molecule has 24 heavy (non-hydrogen) atoms. The van der Waals surface area contributed by atoms with Crippen LogP contribution >= 0.6 is 0 Å². The van der Waals surface area contributed by atoms with E-state index in [1.807, 2.05) is 37.3 Å². The number of benzene rings is 1. The van der Waals surface area contributed by atoms with Crippen LogP contribution in [-0.4, -0.2) is 20.7 Å². The van der Waals surface area contributed by atoms with Crippen LogP contribution in [0.4, 0.5) is 4.39 Å². The summed E-state index contributed by atoms with van der Waals surface area (Å²) in [6, 6.07) is 11.3. The number of hydrogen-bond donors (Lipinski definition) is 0. The monoisotopic (exact) mass is 323 g/mol. The van der Waals surface area contributed by atoms with Crippen LogP contribution in [0.25, 0.3) is 22.2 Å². The van der Waals surface area contributed by atoms with Gasteiger partial charge in [-0.25, -0.2) is 9.37 Å². The Morgan fingerprint density at radius 1 is 1.25 bits per heavy atom. The Labute approximate surface area is 139 Å². The molecule has 4 nitrogen and oxygen atoms in total. The summed E-state index contributed by atoms with van der Waals surface area (Å²) in [6.45, 7) is 2.27. The molecule has 0 spiro atoms. The third-order valence-corrected chi connectivity index (χ3v) is 4.75. The van der Waals surface area contributed by atoms with Crippen molar-refractivity contribution in [3.8, 4) is 11.3 Å². The first kappa shape index (κ1) is 15.0. The molecule has 0 N–H and O–H groups in total. The third-order valence-electron chi connectivity index (χ3n) is 4.75. The van der Waals surface area contributed by atoms with Gasteiger partial charge in [-0.15, -0.1) is 0 Å². The van der Waals surface area contributed by atoms with Crippen molar-refractivity contribution in [2.24, 2.45) is 5.92 Å². The van der Waals surface area contributed by atoms with Gasteiger partial charge < -0.3 is 0 Å². The average molecular weight is 323 g/mol. The van der Waals surface area contributed by atoms with E-state index in [1.165, 1.54) is 0 Å². The molecule has 0 saturated heterocycles. The highest BCUT2D eigenvalue weighted by Gasteiger charge is 2.24. The Bertz CT molecular complexity index is 952. The molecule has 122 valence electrons. The van der Waals surface area contributed by atoms with E-state index in [2.05, 4.69) is 9.97 Å². The fraction of sp³-hybridized carbons (Fsp3) is 0.316. The first-order valence-corrected chi connectivity index (χ1v) is 8.22. The summed E-state index contributed by atoms with van der Waals surface area (Å²) in [5, 5.41) is 0.573. The summed E-state index contributed by atoms with van der Waals surface area (Å²) in [6.07, 6.45) is 1.70. The maximum atomic E-state index is 14.0. The number of alkyl halides is 1. The summed E-state index contributed by atoms with van der Waals surface area (Å²) >= 11 is 0. The van der Waals surface area contributed by atoms with E-state index in [0.29, 0.717) is 36.1 Å². The van der Waals surface area contributed by atoms with Crippen LogP contribution in [-0.2, 0) is 13.0 Å². The first-order chi connectivity index (χ1) is 11.6. The normalized spacial score (nSPS) is 20.6. The second-order valence-electron chi connectivity index (χ2n) is 6.42. The van der Waals surface area contributed by atoms with Crippen LogP contribution in [0.1, 0.15) is 19.2 Å². The summed E-state index contributed by atoms with van der Waals surface area (Å²) in [7, 11) is 0. The maximum Gasteiger partial charge on any atom is 0.261 e. The minimum Gasteiger partial charge on any atom is -0.296 e. The lowest BCUT2D eigenvalue weighted by Gasteiger charge is -2.12. The molecule has 1 aromatic carbocycles. The van der Waals surface area contributed by atoms with E-state index in [1.54, 1.807) is 16.8 Å². The van der Waals surface area contributed by atoms with E-state index in [4.69, 9.17) is 0 Å². The van der Waals surface area contributed by atoms with Gasteiger partial charge in [-0.05, 0) is 36.6 Å². The topological polar surface area (TPSA) is 47.8 Å². The molecule has 0 amide bonds. The molecule has 0 bridgehead atoms. The second-order valence-corrected chi connectivity index (χ2v) is 6.42. The quantitative estimate of drug-likeness (QED) is 0.690. The number of pyridine rings is 1. The molecule has 0 fully saturated rings. The second kappa shape index (κ2) is 5.82. The fourth-order valence-corrected chi connectivity index (χ4v) is 3.30. The van der Waals surface area contributed by atoms with Gasteiger partial charge in [0.15, 0.2) is 0 Å². The molecule has 0 radical (unpaired) electrons. The van der Waals surface area contributed by atoms with Gasteiger partial charge in [0.1, 0.15) is 12.0 Å². The molecule has 3 aromatic rings. The summed E-state index contributed by atoms with van der Waals surface area (Å²) in [5.41, 5.74) is 2.33. The van der Waals surface area contributed by atoms with Crippen molar-refractivity contribution < 1.29 is 4.39 Å². The van der Waals surface area contributed by atoms with Crippen molar-refractivity contribution in [2.45, 2.75) is 32.5 Å². The Balaban J connectivity index is 1.89. The van der Waals surface area contributed by atoms with Gasteiger partial charge in [0.2, 0.25) is 0 Å². The zero-order valence-corrected chi connectivity index (χ0v) is 13.4. The van der Waals surface area contributed by atoms with E-state index < -0.39 is 6.17 Å². The van der Waals surface area contributed by atoms with Gasteiger partial charge in [0.25, 0.3) is 5.56 Å². The number of fused-ring (bicyclic) bond motifs is 2. The van der Waals surface area contributed by atoms with Crippen LogP contribution in [0.5, 0.6) is 0 Å². The van der Waals surface area contributed by atoms with Crippen molar-refractivity contribution in [1.82, 2.24) is 14.5 Å². The standard InChI is InChI=1S/C19H18FN3O/c1-12-10-18-22-17-11-13(16-4-2-3-8-21-16)5-6-14(17)19(24)23(18)9-7-15(12)20/h2-6,8,11-12,15H,7,9-10H2,1H3/t12?,15-/m1/s1.